The Kier molecular flexibility index (Phi) is 5.89. The molecule has 1 atom stereocenters. The van der Waals surface area contributed by atoms with E-state index in [-0.39, 0.29) is 17.2 Å². The van der Waals surface area contributed by atoms with Gasteiger partial charge in [0.2, 0.25) is 5.56 Å². The second kappa shape index (κ2) is 9.24. The molecule has 9 heteroatoms. The van der Waals surface area contributed by atoms with Crippen molar-refractivity contribution in [1.82, 2.24) is 23.6 Å². The molecule has 0 bridgehead atoms. The first-order chi connectivity index (χ1) is 17.9. The minimum absolute atomic E-state index is 0.00899. The number of rotatable bonds is 5. The van der Waals surface area contributed by atoms with Gasteiger partial charge < -0.3 is 4.57 Å². The van der Waals surface area contributed by atoms with Gasteiger partial charge in [0, 0.05) is 43.5 Å². The number of hydrogen-bond acceptors (Lipinski definition) is 6. The Balaban J connectivity index is 1.39. The summed E-state index contributed by atoms with van der Waals surface area (Å²) < 4.78 is 19.1. The highest BCUT2D eigenvalue weighted by molar-refractivity contribution is 7.97. The van der Waals surface area contributed by atoms with Gasteiger partial charge in [-0.25, -0.2) is 13.4 Å². The number of carbonyl (C=O) groups is 1. The maximum absolute atomic E-state index is 14.1. The molecule has 7 nitrogen and oxygen atoms in total. The lowest BCUT2D eigenvalue weighted by Crippen LogP contribution is -2.49. The summed E-state index contributed by atoms with van der Waals surface area (Å²) in [5.41, 5.74) is 3.30. The van der Waals surface area contributed by atoms with Crippen LogP contribution < -0.4 is 5.56 Å². The molecule has 0 amide bonds. The first-order valence-electron chi connectivity index (χ1n) is 12.0. The van der Waals surface area contributed by atoms with Gasteiger partial charge in [-0.3, -0.25) is 14.6 Å². The summed E-state index contributed by atoms with van der Waals surface area (Å²) in [6, 6.07) is 15.0. The zero-order valence-corrected chi connectivity index (χ0v) is 21.0. The molecule has 186 valence electrons. The molecule has 1 fully saturated rings. The zero-order valence-electron chi connectivity index (χ0n) is 20.2. The molecular weight excluding hydrogens is 489 g/mol. The van der Waals surface area contributed by atoms with E-state index in [9.17, 15) is 14.0 Å². The smallest absolute Gasteiger partial charge is 0.250 e. The van der Waals surface area contributed by atoms with E-state index in [4.69, 9.17) is 0 Å². The summed E-state index contributed by atoms with van der Waals surface area (Å²) in [5, 5.41) is 4.60. The Morgan fingerprint density at radius 2 is 1.95 bits per heavy atom. The van der Waals surface area contributed by atoms with Gasteiger partial charge in [0.25, 0.3) is 0 Å². The quantitative estimate of drug-likeness (QED) is 0.292. The van der Waals surface area contributed by atoms with Crippen molar-refractivity contribution in [1.29, 1.82) is 0 Å². The number of ketones is 1. The van der Waals surface area contributed by atoms with Crippen LogP contribution in [0.25, 0.3) is 11.8 Å². The number of benzene rings is 1. The van der Waals surface area contributed by atoms with E-state index in [0.717, 1.165) is 34.0 Å². The summed E-state index contributed by atoms with van der Waals surface area (Å²) in [4.78, 5) is 31.3. The number of pyridine rings is 2. The van der Waals surface area contributed by atoms with Crippen molar-refractivity contribution in [2.75, 3.05) is 13.1 Å². The van der Waals surface area contributed by atoms with Crippen molar-refractivity contribution < 1.29 is 9.18 Å². The first kappa shape index (κ1) is 23.6. The third-order valence-corrected chi connectivity index (χ3v) is 8.10. The van der Waals surface area contributed by atoms with Crippen LogP contribution in [0.2, 0.25) is 0 Å². The highest BCUT2D eigenvalue weighted by Crippen LogP contribution is 2.47. The molecule has 1 aliphatic heterocycles. The molecule has 4 aromatic rings. The normalized spacial score (nSPS) is 19.1. The van der Waals surface area contributed by atoms with E-state index in [1.807, 2.05) is 23.0 Å². The third kappa shape index (κ3) is 4.24. The Morgan fingerprint density at radius 1 is 1.11 bits per heavy atom. The average Bonchev–Trinajstić information content (AvgIpc) is 3.32. The molecule has 6 rings (SSSR count). The molecule has 1 aromatic carbocycles. The highest BCUT2D eigenvalue weighted by atomic mass is 32.2. The number of fused-ring (bicyclic) bond motifs is 2. The van der Waals surface area contributed by atoms with E-state index in [2.05, 4.69) is 20.5 Å². The van der Waals surface area contributed by atoms with Crippen LogP contribution in [0.5, 0.6) is 0 Å². The number of Topliss-reactive ketones (excluding diaryl/α,β-unsaturated/α-hetero) is 1. The van der Waals surface area contributed by atoms with Crippen molar-refractivity contribution in [2.24, 2.45) is 12.5 Å². The molecule has 4 heterocycles. The van der Waals surface area contributed by atoms with Crippen LogP contribution in [0.4, 0.5) is 4.39 Å². The van der Waals surface area contributed by atoms with E-state index in [1.165, 1.54) is 12.1 Å². The molecule has 1 unspecified atom stereocenters. The van der Waals surface area contributed by atoms with Crippen molar-refractivity contribution in [3.05, 3.63) is 112 Å². The number of carbonyl (C=O) groups excluding carboxylic acids is 1. The monoisotopic (exact) mass is 513 g/mol. The average molecular weight is 514 g/mol. The van der Waals surface area contributed by atoms with Crippen LogP contribution in [-0.2, 0) is 13.5 Å². The fourth-order valence-corrected chi connectivity index (χ4v) is 6.30. The molecule has 0 N–H and O–H groups in total. The number of nitrogens with zero attached hydrogens (tertiary/aromatic N) is 5. The minimum Gasteiger partial charge on any atom is -0.317 e. The van der Waals surface area contributed by atoms with Crippen LogP contribution in [0.1, 0.15) is 28.2 Å². The van der Waals surface area contributed by atoms with Crippen LogP contribution >= 0.6 is 11.9 Å². The Hall–Kier alpha value is -3.82. The topological polar surface area (TPSA) is 73.0 Å². The van der Waals surface area contributed by atoms with Gasteiger partial charge in [-0.05, 0) is 78.9 Å². The molecular formula is C28H24FN5O2S. The predicted octanol–water partition coefficient (Wildman–Crippen LogP) is 4.33. The largest absolute Gasteiger partial charge is 0.317 e. The van der Waals surface area contributed by atoms with Crippen molar-refractivity contribution >= 4 is 23.8 Å². The van der Waals surface area contributed by atoms with Gasteiger partial charge in [-0.15, -0.1) is 0 Å². The van der Waals surface area contributed by atoms with Gasteiger partial charge in [-0.1, -0.05) is 11.6 Å². The second-order valence-corrected chi connectivity index (χ2v) is 10.6. The fraction of sp³-hybridized carbons (Fsp3) is 0.214. The Morgan fingerprint density at radius 3 is 2.70 bits per heavy atom. The van der Waals surface area contributed by atoms with Gasteiger partial charge in [-0.2, -0.15) is 5.10 Å². The number of aryl methyl sites for hydroxylation is 1. The maximum atomic E-state index is 14.1. The van der Waals surface area contributed by atoms with Gasteiger partial charge in [0.1, 0.15) is 11.5 Å². The summed E-state index contributed by atoms with van der Waals surface area (Å²) >= 11 is 1.56. The summed E-state index contributed by atoms with van der Waals surface area (Å²) in [6.45, 7) is 1.25. The number of hydrogen-bond donors (Lipinski definition) is 0. The molecule has 1 aliphatic carbocycles. The molecule has 3 aromatic heterocycles. The van der Waals surface area contributed by atoms with Crippen molar-refractivity contribution in [2.45, 2.75) is 17.7 Å². The first-order valence-corrected chi connectivity index (χ1v) is 12.8. The van der Waals surface area contributed by atoms with Crippen molar-refractivity contribution in [3.63, 3.8) is 0 Å². The van der Waals surface area contributed by atoms with Crippen LogP contribution in [-0.4, -0.2) is 42.5 Å². The summed E-state index contributed by atoms with van der Waals surface area (Å²) in [5.74, 6) is -0.309. The van der Waals surface area contributed by atoms with Crippen LogP contribution in [0.15, 0.2) is 88.5 Å². The molecule has 37 heavy (non-hydrogen) atoms. The number of piperidine rings is 1. The maximum Gasteiger partial charge on any atom is 0.250 e. The van der Waals surface area contributed by atoms with Gasteiger partial charge in [0.15, 0.2) is 5.78 Å². The molecule has 1 saturated heterocycles. The lowest BCUT2D eigenvalue weighted by atomic mass is 9.65. The summed E-state index contributed by atoms with van der Waals surface area (Å²) in [7, 11) is 1.73. The van der Waals surface area contributed by atoms with E-state index in [1.54, 1.807) is 66.3 Å². The third-order valence-electron chi connectivity index (χ3n) is 7.08. The highest BCUT2D eigenvalue weighted by Gasteiger charge is 2.49. The molecule has 2 aliphatic rings. The molecule has 0 radical (unpaired) electrons. The summed E-state index contributed by atoms with van der Waals surface area (Å²) in [6.07, 6.45) is 8.55. The SMILES string of the molecule is Cn1cc(SN2CCC3=Cc4c(cnn4-c4ccc(F)cc4)CC3(C(=O)c3ccccn3)C2)ccc1=O. The standard InChI is InChI=1S/C28H24FN5O2S/c1-32-17-23(9-10-26(32)35)37-33-13-11-20-14-25-19(16-31-34(25)22-7-5-21(29)6-8-22)15-28(20,18-33)27(36)24-4-2-3-12-30-24/h2-10,12,14,16-17H,11,13,15,18H2,1H3. The van der Waals surface area contributed by atoms with E-state index >= 15 is 0 Å². The predicted molar refractivity (Wildman–Crippen MR) is 140 cm³/mol. The van der Waals surface area contributed by atoms with Gasteiger partial charge >= 0.3 is 0 Å². The minimum atomic E-state index is -0.788. The molecule has 0 saturated carbocycles. The van der Waals surface area contributed by atoms with Crippen LogP contribution in [0.3, 0.4) is 0 Å². The Bertz CT molecular complexity index is 1580. The zero-order chi connectivity index (χ0) is 25.6. The number of halogens is 1. The van der Waals surface area contributed by atoms with Crippen molar-refractivity contribution in [3.8, 4) is 5.69 Å². The molecule has 0 spiro atoms. The van der Waals surface area contributed by atoms with Gasteiger partial charge in [0.05, 0.1) is 23.0 Å². The lowest BCUT2D eigenvalue weighted by Gasteiger charge is -2.44. The van der Waals surface area contributed by atoms with E-state index in [0.29, 0.717) is 25.1 Å². The lowest BCUT2D eigenvalue weighted by molar-refractivity contribution is 0.0775. The fourth-order valence-electron chi connectivity index (χ4n) is 5.20. The number of aromatic nitrogens is 4. The Labute approximate surface area is 217 Å². The van der Waals surface area contributed by atoms with Crippen LogP contribution in [0, 0.1) is 11.2 Å². The second-order valence-electron chi connectivity index (χ2n) is 9.43. The van der Waals surface area contributed by atoms with E-state index < -0.39 is 5.41 Å².